The number of fused-ring (bicyclic) bond motifs is 1. The second kappa shape index (κ2) is 6.52. The van der Waals surface area contributed by atoms with E-state index in [1.54, 1.807) is 0 Å². The van der Waals surface area contributed by atoms with Gasteiger partial charge < -0.3 is 10.2 Å². The largest absolute Gasteiger partial charge is 0.385 e. The highest BCUT2D eigenvalue weighted by Crippen LogP contribution is 2.28. The van der Waals surface area contributed by atoms with E-state index in [0.717, 1.165) is 6.54 Å². The Kier molecular flexibility index (Phi) is 4.29. The van der Waals surface area contributed by atoms with Gasteiger partial charge in [-0.3, -0.25) is 0 Å². The molecule has 1 aliphatic heterocycles. The summed E-state index contributed by atoms with van der Waals surface area (Å²) in [7, 11) is 2.14. The molecule has 1 heterocycles. The minimum Gasteiger partial charge on any atom is -0.385 e. The van der Waals surface area contributed by atoms with Crippen molar-refractivity contribution in [3.63, 3.8) is 0 Å². The molecular weight excluding hydrogens is 268 g/mol. The number of para-hydroxylation sites is 1. The van der Waals surface area contributed by atoms with Crippen LogP contribution in [0.1, 0.15) is 18.1 Å². The Labute approximate surface area is 132 Å². The van der Waals surface area contributed by atoms with Crippen LogP contribution >= 0.6 is 0 Å². The van der Waals surface area contributed by atoms with Gasteiger partial charge in [-0.15, -0.1) is 0 Å². The average Bonchev–Trinajstić information content (AvgIpc) is 2.56. The maximum atomic E-state index is 3.31. The molecular formula is C20H22N2. The van der Waals surface area contributed by atoms with E-state index in [2.05, 4.69) is 97.0 Å². The summed E-state index contributed by atoms with van der Waals surface area (Å²) in [5.74, 6) is 0. The van der Waals surface area contributed by atoms with Crippen molar-refractivity contribution in [3.8, 4) is 0 Å². The number of likely N-dealkylation sites (N-methyl/N-ethyl adjacent to an activating group) is 1. The molecule has 2 aromatic rings. The lowest BCUT2D eigenvalue weighted by Crippen LogP contribution is -2.30. The predicted molar refractivity (Wildman–Crippen MR) is 97.3 cm³/mol. The Balaban J connectivity index is 1.73. The summed E-state index contributed by atoms with van der Waals surface area (Å²) < 4.78 is 0. The van der Waals surface area contributed by atoms with Crippen LogP contribution in [0.3, 0.4) is 0 Å². The normalized spacial score (nSPS) is 16.8. The second-order valence-corrected chi connectivity index (χ2v) is 5.53. The van der Waals surface area contributed by atoms with Crippen molar-refractivity contribution < 1.29 is 0 Å². The molecule has 112 valence electrons. The van der Waals surface area contributed by atoms with Crippen molar-refractivity contribution in [2.24, 2.45) is 0 Å². The Morgan fingerprint density at radius 1 is 1.09 bits per heavy atom. The van der Waals surface area contributed by atoms with Gasteiger partial charge in [-0.2, -0.15) is 0 Å². The minimum absolute atomic E-state index is 0.295. The lowest BCUT2D eigenvalue weighted by Gasteiger charge is -2.30. The quantitative estimate of drug-likeness (QED) is 0.880. The van der Waals surface area contributed by atoms with Gasteiger partial charge in [0.25, 0.3) is 0 Å². The third kappa shape index (κ3) is 3.06. The van der Waals surface area contributed by atoms with Gasteiger partial charge in [0.15, 0.2) is 0 Å². The van der Waals surface area contributed by atoms with Gasteiger partial charge in [-0.05, 0) is 36.2 Å². The zero-order chi connectivity index (χ0) is 15.4. The van der Waals surface area contributed by atoms with Crippen LogP contribution in [-0.2, 0) is 0 Å². The molecule has 0 aliphatic carbocycles. The lowest BCUT2D eigenvalue weighted by atomic mass is 10.0. The van der Waals surface area contributed by atoms with Gasteiger partial charge in [-0.1, -0.05) is 54.6 Å². The number of rotatable bonds is 4. The van der Waals surface area contributed by atoms with Crippen molar-refractivity contribution in [2.75, 3.05) is 23.8 Å². The highest BCUT2D eigenvalue weighted by molar-refractivity contribution is 5.73. The molecule has 0 amide bonds. The predicted octanol–water partition coefficient (Wildman–Crippen LogP) is 4.66. The van der Waals surface area contributed by atoms with Crippen molar-refractivity contribution in [1.82, 2.24) is 0 Å². The average molecular weight is 290 g/mol. The summed E-state index contributed by atoms with van der Waals surface area (Å²) in [6.07, 6.45) is 8.88. The summed E-state index contributed by atoms with van der Waals surface area (Å²) >= 11 is 0. The number of benzene rings is 2. The maximum Gasteiger partial charge on any atom is 0.0660 e. The molecule has 1 atom stereocenters. The van der Waals surface area contributed by atoms with Crippen LogP contribution in [-0.4, -0.2) is 19.6 Å². The fraction of sp³-hybridized carbons (Fsp3) is 0.200. The van der Waals surface area contributed by atoms with Crippen molar-refractivity contribution in [1.29, 1.82) is 0 Å². The smallest absolute Gasteiger partial charge is 0.0660 e. The van der Waals surface area contributed by atoms with Crippen LogP contribution in [0, 0.1) is 0 Å². The molecule has 0 bridgehead atoms. The molecule has 0 fully saturated rings. The third-order valence-corrected chi connectivity index (χ3v) is 4.01. The van der Waals surface area contributed by atoms with Gasteiger partial charge in [0, 0.05) is 25.0 Å². The highest BCUT2D eigenvalue weighted by atomic mass is 15.1. The SMILES string of the molecule is CCNc1ccc(C=CC2C=Cc3ccccc3N2C)cc1. The summed E-state index contributed by atoms with van der Waals surface area (Å²) in [6.45, 7) is 3.06. The van der Waals surface area contributed by atoms with E-state index in [0.29, 0.717) is 6.04 Å². The number of nitrogens with one attached hydrogen (secondary N) is 1. The summed E-state index contributed by atoms with van der Waals surface area (Å²) in [4.78, 5) is 2.30. The van der Waals surface area contributed by atoms with Crippen LogP contribution in [0.25, 0.3) is 12.2 Å². The zero-order valence-corrected chi connectivity index (χ0v) is 13.2. The molecule has 1 aliphatic rings. The van der Waals surface area contributed by atoms with E-state index in [4.69, 9.17) is 0 Å². The fourth-order valence-corrected chi connectivity index (χ4v) is 2.76. The Bertz CT molecular complexity index is 683. The zero-order valence-electron chi connectivity index (χ0n) is 13.2. The van der Waals surface area contributed by atoms with Crippen LogP contribution in [0.5, 0.6) is 0 Å². The molecule has 0 radical (unpaired) electrons. The van der Waals surface area contributed by atoms with Gasteiger partial charge in [-0.25, -0.2) is 0 Å². The second-order valence-electron chi connectivity index (χ2n) is 5.53. The molecule has 0 aromatic heterocycles. The van der Waals surface area contributed by atoms with E-state index in [1.165, 1.54) is 22.5 Å². The first-order valence-electron chi connectivity index (χ1n) is 7.80. The molecule has 2 nitrogen and oxygen atoms in total. The van der Waals surface area contributed by atoms with Gasteiger partial charge >= 0.3 is 0 Å². The van der Waals surface area contributed by atoms with Crippen LogP contribution < -0.4 is 10.2 Å². The van der Waals surface area contributed by atoms with Crippen molar-refractivity contribution in [2.45, 2.75) is 13.0 Å². The van der Waals surface area contributed by atoms with E-state index in [9.17, 15) is 0 Å². The van der Waals surface area contributed by atoms with Gasteiger partial charge in [0.2, 0.25) is 0 Å². The Hall–Kier alpha value is -2.48. The first-order valence-corrected chi connectivity index (χ1v) is 7.80. The summed E-state index contributed by atoms with van der Waals surface area (Å²) in [6, 6.07) is 17.3. The molecule has 2 heteroatoms. The van der Waals surface area contributed by atoms with Gasteiger partial charge in [0.05, 0.1) is 6.04 Å². The van der Waals surface area contributed by atoms with Crippen LogP contribution in [0.15, 0.2) is 60.7 Å². The van der Waals surface area contributed by atoms with Gasteiger partial charge in [0.1, 0.15) is 0 Å². The summed E-state index contributed by atoms with van der Waals surface area (Å²) in [5, 5.41) is 3.31. The number of nitrogens with zero attached hydrogens (tertiary/aromatic N) is 1. The minimum atomic E-state index is 0.295. The molecule has 1 unspecified atom stereocenters. The van der Waals surface area contributed by atoms with E-state index in [1.807, 2.05) is 0 Å². The molecule has 0 spiro atoms. The van der Waals surface area contributed by atoms with Crippen molar-refractivity contribution in [3.05, 3.63) is 71.8 Å². The molecule has 0 saturated heterocycles. The number of anilines is 2. The maximum absolute atomic E-state index is 3.31. The van der Waals surface area contributed by atoms with E-state index >= 15 is 0 Å². The molecule has 0 saturated carbocycles. The molecule has 2 aromatic carbocycles. The monoisotopic (exact) mass is 290 g/mol. The Morgan fingerprint density at radius 2 is 1.86 bits per heavy atom. The molecule has 22 heavy (non-hydrogen) atoms. The first kappa shape index (κ1) is 14.5. The van der Waals surface area contributed by atoms with Crippen molar-refractivity contribution >= 4 is 23.5 Å². The van der Waals surface area contributed by atoms with E-state index < -0.39 is 0 Å². The molecule has 1 N–H and O–H groups in total. The lowest BCUT2D eigenvalue weighted by molar-refractivity contribution is 0.889. The standard InChI is InChI=1S/C20H22N2/c1-3-21-18-12-8-16(9-13-18)10-14-19-15-11-17-6-4-5-7-20(17)22(19)2/h4-15,19,21H,3H2,1-2H3. The number of hydrogen-bond acceptors (Lipinski definition) is 2. The topological polar surface area (TPSA) is 15.3 Å². The van der Waals surface area contributed by atoms with Crippen LogP contribution in [0.2, 0.25) is 0 Å². The Morgan fingerprint density at radius 3 is 2.64 bits per heavy atom. The number of hydrogen-bond donors (Lipinski definition) is 1. The first-order chi connectivity index (χ1) is 10.8. The molecule has 3 rings (SSSR count). The van der Waals surface area contributed by atoms with E-state index in [-0.39, 0.29) is 0 Å². The van der Waals surface area contributed by atoms with Crippen LogP contribution in [0.4, 0.5) is 11.4 Å². The highest BCUT2D eigenvalue weighted by Gasteiger charge is 2.15. The fourth-order valence-electron chi connectivity index (χ4n) is 2.76. The third-order valence-electron chi connectivity index (χ3n) is 4.01. The summed E-state index contributed by atoms with van der Waals surface area (Å²) in [5.41, 5.74) is 4.96.